The van der Waals surface area contributed by atoms with Gasteiger partial charge in [0.15, 0.2) is 0 Å². The van der Waals surface area contributed by atoms with Crippen LogP contribution in [0.3, 0.4) is 0 Å². The third-order valence-corrected chi connectivity index (χ3v) is 3.71. The van der Waals surface area contributed by atoms with Crippen LogP contribution < -0.4 is 11.1 Å². The molecule has 1 atom stereocenters. The number of aromatic hydroxyl groups is 2. The van der Waals surface area contributed by atoms with Gasteiger partial charge in [-0.3, -0.25) is 4.79 Å². The Balaban J connectivity index is 1.81. The van der Waals surface area contributed by atoms with E-state index in [2.05, 4.69) is 5.32 Å². The van der Waals surface area contributed by atoms with Crippen LogP contribution in [0, 0.1) is 0 Å². The summed E-state index contributed by atoms with van der Waals surface area (Å²) >= 11 is 0. The van der Waals surface area contributed by atoms with Crippen molar-refractivity contribution in [3.05, 3.63) is 53.1 Å². The minimum atomic E-state index is -0.323. The molecule has 1 aliphatic carbocycles. The second kappa shape index (κ2) is 5.01. The molecule has 108 valence electrons. The van der Waals surface area contributed by atoms with Gasteiger partial charge >= 0.3 is 0 Å². The minimum Gasteiger partial charge on any atom is -0.508 e. The number of fused-ring (bicyclic) bond motifs is 1. The Bertz CT molecular complexity index is 692. The number of benzene rings is 2. The summed E-state index contributed by atoms with van der Waals surface area (Å²) in [5.74, 6) is -0.602. The first-order chi connectivity index (χ1) is 10.0. The summed E-state index contributed by atoms with van der Waals surface area (Å²) in [6, 6.07) is 9.46. The molecule has 5 N–H and O–H groups in total. The van der Waals surface area contributed by atoms with Gasteiger partial charge in [-0.15, -0.1) is 0 Å². The second-order valence-electron chi connectivity index (χ2n) is 5.26. The SMILES string of the molecule is Nc1ccc2c(c1)CCC2NC(=O)c1cc(O)cc(O)c1. The zero-order chi connectivity index (χ0) is 15.0. The molecular formula is C16H16N2O3. The van der Waals surface area contributed by atoms with Crippen LogP contribution in [0.25, 0.3) is 0 Å². The Morgan fingerprint density at radius 3 is 2.57 bits per heavy atom. The fraction of sp³-hybridized carbons (Fsp3) is 0.188. The maximum atomic E-state index is 12.2. The zero-order valence-corrected chi connectivity index (χ0v) is 11.3. The van der Waals surface area contributed by atoms with Gasteiger partial charge in [0.2, 0.25) is 0 Å². The third kappa shape index (κ3) is 2.63. The number of carbonyl (C=O) groups is 1. The van der Waals surface area contributed by atoms with Gasteiger partial charge in [-0.05, 0) is 48.2 Å². The zero-order valence-electron chi connectivity index (χ0n) is 11.3. The Morgan fingerprint density at radius 1 is 1.14 bits per heavy atom. The molecule has 0 saturated carbocycles. The number of aryl methyl sites for hydroxylation is 1. The van der Waals surface area contributed by atoms with Gasteiger partial charge in [-0.25, -0.2) is 0 Å². The highest BCUT2D eigenvalue weighted by atomic mass is 16.3. The van der Waals surface area contributed by atoms with E-state index in [9.17, 15) is 15.0 Å². The van der Waals surface area contributed by atoms with E-state index in [0.29, 0.717) is 0 Å². The molecular weight excluding hydrogens is 268 g/mol. The number of phenolic OH excluding ortho intramolecular Hbond substituents is 2. The molecule has 2 aromatic carbocycles. The topological polar surface area (TPSA) is 95.6 Å². The lowest BCUT2D eigenvalue weighted by molar-refractivity contribution is 0.0936. The van der Waals surface area contributed by atoms with E-state index in [1.165, 1.54) is 18.2 Å². The molecule has 5 nitrogen and oxygen atoms in total. The first-order valence-corrected chi connectivity index (χ1v) is 6.75. The van der Waals surface area contributed by atoms with Gasteiger partial charge < -0.3 is 21.3 Å². The normalized spacial score (nSPS) is 16.5. The van der Waals surface area contributed by atoms with E-state index in [1.54, 1.807) is 0 Å². The highest BCUT2D eigenvalue weighted by Gasteiger charge is 2.24. The van der Waals surface area contributed by atoms with Crippen molar-refractivity contribution in [3.63, 3.8) is 0 Å². The van der Waals surface area contributed by atoms with Gasteiger partial charge in [-0.1, -0.05) is 6.07 Å². The summed E-state index contributed by atoms with van der Waals surface area (Å²) in [7, 11) is 0. The van der Waals surface area contributed by atoms with Crippen LogP contribution in [0.1, 0.15) is 33.9 Å². The number of phenols is 2. The molecule has 21 heavy (non-hydrogen) atoms. The molecule has 0 aliphatic heterocycles. The van der Waals surface area contributed by atoms with Crippen molar-refractivity contribution in [2.24, 2.45) is 0 Å². The largest absolute Gasteiger partial charge is 0.508 e. The van der Waals surface area contributed by atoms with Crippen LogP contribution in [0.5, 0.6) is 11.5 Å². The van der Waals surface area contributed by atoms with E-state index in [1.807, 2.05) is 18.2 Å². The molecule has 0 radical (unpaired) electrons. The predicted molar refractivity (Wildman–Crippen MR) is 79.2 cm³/mol. The Labute approximate surface area is 122 Å². The van der Waals surface area contributed by atoms with Gasteiger partial charge in [0.25, 0.3) is 5.91 Å². The molecule has 0 heterocycles. The molecule has 0 spiro atoms. The lowest BCUT2D eigenvalue weighted by atomic mass is 10.1. The van der Waals surface area contributed by atoms with Crippen LogP contribution in [0.4, 0.5) is 5.69 Å². The second-order valence-corrected chi connectivity index (χ2v) is 5.26. The van der Waals surface area contributed by atoms with E-state index in [4.69, 9.17) is 5.73 Å². The van der Waals surface area contributed by atoms with Crippen LogP contribution in [0.15, 0.2) is 36.4 Å². The Morgan fingerprint density at radius 2 is 1.86 bits per heavy atom. The fourth-order valence-electron chi connectivity index (χ4n) is 2.76. The van der Waals surface area contributed by atoms with Gasteiger partial charge in [0.1, 0.15) is 11.5 Å². The van der Waals surface area contributed by atoms with Gasteiger partial charge in [0.05, 0.1) is 6.04 Å². The predicted octanol–water partition coefficient (Wildman–Crippen LogP) is 2.10. The van der Waals surface area contributed by atoms with Gasteiger partial charge in [0, 0.05) is 17.3 Å². The number of hydrogen-bond donors (Lipinski definition) is 4. The number of nitrogens with one attached hydrogen (secondary N) is 1. The molecule has 0 fully saturated rings. The van der Waals surface area contributed by atoms with Crippen molar-refractivity contribution < 1.29 is 15.0 Å². The molecule has 2 aromatic rings. The number of hydrogen-bond acceptors (Lipinski definition) is 4. The molecule has 1 aliphatic rings. The Hall–Kier alpha value is -2.69. The summed E-state index contributed by atoms with van der Waals surface area (Å²) in [5.41, 5.74) is 8.94. The first-order valence-electron chi connectivity index (χ1n) is 6.75. The van der Waals surface area contributed by atoms with Crippen molar-refractivity contribution in [1.29, 1.82) is 0 Å². The molecule has 1 unspecified atom stereocenters. The van der Waals surface area contributed by atoms with Crippen LogP contribution in [-0.4, -0.2) is 16.1 Å². The summed E-state index contributed by atoms with van der Waals surface area (Å²) in [6.45, 7) is 0. The van der Waals surface area contributed by atoms with Crippen LogP contribution >= 0.6 is 0 Å². The highest BCUT2D eigenvalue weighted by molar-refractivity contribution is 5.95. The summed E-state index contributed by atoms with van der Waals surface area (Å²) in [5, 5.41) is 21.8. The van der Waals surface area contributed by atoms with Crippen molar-refractivity contribution in [3.8, 4) is 11.5 Å². The average molecular weight is 284 g/mol. The van der Waals surface area contributed by atoms with Crippen molar-refractivity contribution in [2.45, 2.75) is 18.9 Å². The fourth-order valence-corrected chi connectivity index (χ4v) is 2.76. The molecule has 1 amide bonds. The number of nitrogens with two attached hydrogens (primary N) is 1. The highest BCUT2D eigenvalue weighted by Crippen LogP contribution is 2.32. The van der Waals surface area contributed by atoms with Crippen molar-refractivity contribution >= 4 is 11.6 Å². The van der Waals surface area contributed by atoms with E-state index >= 15 is 0 Å². The van der Waals surface area contributed by atoms with Crippen LogP contribution in [-0.2, 0) is 6.42 Å². The minimum absolute atomic E-state index is 0.0717. The number of nitrogen functional groups attached to an aromatic ring is 1. The van der Waals surface area contributed by atoms with E-state index < -0.39 is 0 Å². The maximum Gasteiger partial charge on any atom is 0.252 e. The molecule has 0 saturated heterocycles. The Kier molecular flexibility index (Phi) is 3.17. The van der Waals surface area contributed by atoms with Crippen molar-refractivity contribution in [1.82, 2.24) is 5.32 Å². The number of anilines is 1. The summed E-state index contributed by atoms with van der Waals surface area (Å²) in [6.07, 6.45) is 1.69. The molecule has 3 rings (SSSR count). The van der Waals surface area contributed by atoms with Gasteiger partial charge in [-0.2, -0.15) is 0 Å². The quantitative estimate of drug-likeness (QED) is 0.635. The molecule has 5 heteroatoms. The third-order valence-electron chi connectivity index (χ3n) is 3.71. The smallest absolute Gasteiger partial charge is 0.252 e. The number of amides is 1. The number of rotatable bonds is 2. The standard InChI is InChI=1S/C16H16N2O3/c17-11-2-3-14-9(5-11)1-4-15(14)18-16(21)10-6-12(19)8-13(20)7-10/h2-3,5-8,15,19-20H,1,4,17H2,(H,18,21). The summed E-state index contributed by atoms with van der Waals surface area (Å²) < 4.78 is 0. The lowest BCUT2D eigenvalue weighted by Crippen LogP contribution is -2.27. The van der Waals surface area contributed by atoms with E-state index in [0.717, 1.165) is 29.7 Å². The summed E-state index contributed by atoms with van der Waals surface area (Å²) in [4.78, 5) is 12.2. The van der Waals surface area contributed by atoms with Crippen LogP contribution in [0.2, 0.25) is 0 Å². The molecule has 0 aromatic heterocycles. The first kappa shape index (κ1) is 13.3. The monoisotopic (exact) mass is 284 g/mol. The van der Waals surface area contributed by atoms with E-state index in [-0.39, 0.29) is 29.0 Å². The number of carbonyl (C=O) groups excluding carboxylic acids is 1. The average Bonchev–Trinajstić information content (AvgIpc) is 2.80. The maximum absolute atomic E-state index is 12.2. The molecule has 0 bridgehead atoms. The lowest BCUT2D eigenvalue weighted by Gasteiger charge is -2.14. The van der Waals surface area contributed by atoms with Crippen molar-refractivity contribution in [2.75, 3.05) is 5.73 Å².